The molecular weight excluding hydrogens is 316 g/mol. The summed E-state index contributed by atoms with van der Waals surface area (Å²) >= 11 is 0. The average Bonchev–Trinajstić information content (AvgIpc) is 2.92. The zero-order valence-corrected chi connectivity index (χ0v) is 15.7. The van der Waals surface area contributed by atoms with E-state index in [1.165, 1.54) is 25.5 Å². The molecule has 4 aliphatic rings. The van der Waals surface area contributed by atoms with Crippen molar-refractivity contribution < 1.29 is 19.1 Å². The average molecular weight is 346 g/mol. The summed E-state index contributed by atoms with van der Waals surface area (Å²) in [7, 11) is 1.38. The monoisotopic (exact) mass is 346 g/mol. The maximum absolute atomic E-state index is 11.9. The molecule has 3 saturated carbocycles. The van der Waals surface area contributed by atoms with Crippen LogP contribution in [0.15, 0.2) is 11.6 Å². The minimum atomic E-state index is -0.541. The molecule has 4 rings (SSSR count). The molecule has 4 heteroatoms. The second-order valence-corrected chi connectivity index (χ2v) is 9.15. The van der Waals surface area contributed by atoms with Crippen LogP contribution in [-0.4, -0.2) is 25.2 Å². The van der Waals surface area contributed by atoms with Crippen molar-refractivity contribution in [3.8, 4) is 0 Å². The summed E-state index contributed by atoms with van der Waals surface area (Å²) in [6.45, 7) is 4.73. The third-order valence-electron chi connectivity index (χ3n) is 8.28. The van der Waals surface area contributed by atoms with Crippen molar-refractivity contribution >= 4 is 11.9 Å². The molecule has 138 valence electrons. The maximum atomic E-state index is 11.9. The van der Waals surface area contributed by atoms with Gasteiger partial charge in [-0.3, -0.25) is 4.79 Å². The lowest BCUT2D eigenvalue weighted by atomic mass is 9.47. The van der Waals surface area contributed by atoms with Gasteiger partial charge in [-0.2, -0.15) is 0 Å². The van der Waals surface area contributed by atoms with Crippen LogP contribution in [0.3, 0.4) is 0 Å². The van der Waals surface area contributed by atoms with Crippen LogP contribution in [0.2, 0.25) is 0 Å². The fourth-order valence-electron chi connectivity index (χ4n) is 6.87. The Labute approximate surface area is 150 Å². The molecular formula is C21H30O4. The molecule has 0 N–H and O–H groups in total. The van der Waals surface area contributed by atoms with Crippen LogP contribution in [-0.2, 0) is 14.3 Å². The van der Waals surface area contributed by atoms with E-state index >= 15 is 0 Å². The summed E-state index contributed by atoms with van der Waals surface area (Å²) < 4.78 is 10.4. The van der Waals surface area contributed by atoms with Crippen molar-refractivity contribution in [1.29, 1.82) is 0 Å². The number of ketones is 1. The quantitative estimate of drug-likeness (QED) is 0.647. The van der Waals surface area contributed by atoms with Crippen LogP contribution in [0.4, 0.5) is 4.79 Å². The molecule has 4 nitrogen and oxygen atoms in total. The summed E-state index contributed by atoms with van der Waals surface area (Å²) in [6, 6.07) is 0. The predicted octanol–water partition coefficient (Wildman–Crippen LogP) is 4.67. The first kappa shape index (κ1) is 17.1. The molecule has 0 aromatic carbocycles. The molecule has 0 aliphatic heterocycles. The van der Waals surface area contributed by atoms with E-state index in [9.17, 15) is 9.59 Å². The van der Waals surface area contributed by atoms with Crippen LogP contribution < -0.4 is 0 Å². The van der Waals surface area contributed by atoms with Crippen molar-refractivity contribution in [1.82, 2.24) is 0 Å². The number of allylic oxidation sites excluding steroid dienone is 1. The molecule has 0 aromatic heterocycles. The van der Waals surface area contributed by atoms with Gasteiger partial charge >= 0.3 is 6.16 Å². The molecule has 0 aromatic rings. The molecule has 6 atom stereocenters. The second-order valence-electron chi connectivity index (χ2n) is 9.15. The van der Waals surface area contributed by atoms with Crippen molar-refractivity contribution in [2.24, 2.45) is 28.6 Å². The van der Waals surface area contributed by atoms with E-state index in [4.69, 9.17) is 9.47 Å². The highest BCUT2D eigenvalue weighted by molar-refractivity contribution is 5.91. The van der Waals surface area contributed by atoms with Crippen LogP contribution >= 0.6 is 0 Å². The Kier molecular flexibility index (Phi) is 4.01. The molecule has 3 fully saturated rings. The van der Waals surface area contributed by atoms with E-state index in [1.807, 2.05) is 6.08 Å². The van der Waals surface area contributed by atoms with Crippen molar-refractivity contribution in [2.45, 2.75) is 71.3 Å². The van der Waals surface area contributed by atoms with E-state index in [0.717, 1.165) is 32.1 Å². The van der Waals surface area contributed by atoms with Crippen molar-refractivity contribution in [3.05, 3.63) is 11.6 Å². The van der Waals surface area contributed by atoms with Gasteiger partial charge in [0.2, 0.25) is 0 Å². The Morgan fingerprint density at radius 3 is 2.64 bits per heavy atom. The topological polar surface area (TPSA) is 52.6 Å². The van der Waals surface area contributed by atoms with Gasteiger partial charge in [-0.05, 0) is 74.2 Å². The molecule has 0 radical (unpaired) electrons. The highest BCUT2D eigenvalue weighted by atomic mass is 16.7. The van der Waals surface area contributed by atoms with E-state index < -0.39 is 6.16 Å². The van der Waals surface area contributed by atoms with Crippen LogP contribution in [0, 0.1) is 28.6 Å². The standard InChI is InChI=1S/C21H30O4/c1-20-10-8-14(22)12-13(20)4-5-15-16-6-7-18(25-19(23)24-3)21(16,2)11-9-17(15)20/h12,15-18H,4-11H2,1-3H3/t15-,16-,17-,18?,20-,21-/m0/s1. The molecule has 0 bridgehead atoms. The fourth-order valence-corrected chi connectivity index (χ4v) is 6.87. The van der Waals surface area contributed by atoms with Gasteiger partial charge in [0.05, 0.1) is 7.11 Å². The number of hydrogen-bond donors (Lipinski definition) is 0. The first-order valence-corrected chi connectivity index (χ1v) is 9.87. The summed E-state index contributed by atoms with van der Waals surface area (Å²) in [4.78, 5) is 23.5. The SMILES string of the molecule is COC(=O)OC1CC[C@H]2[C@@H]3CCC4=CC(=O)CC[C@]4(C)[C@H]3CC[C@]12C. The minimum Gasteiger partial charge on any atom is -0.438 e. The normalized spacial score (nSPS) is 45.7. The number of carbonyl (C=O) groups is 2. The molecule has 0 spiro atoms. The van der Waals surface area contributed by atoms with Crippen LogP contribution in [0.25, 0.3) is 0 Å². The third kappa shape index (κ3) is 2.47. The number of methoxy groups -OCH3 is 1. The second kappa shape index (κ2) is 5.85. The third-order valence-corrected chi connectivity index (χ3v) is 8.28. The Bertz CT molecular complexity index is 623. The van der Waals surface area contributed by atoms with E-state index in [1.54, 1.807) is 0 Å². The van der Waals surface area contributed by atoms with E-state index in [2.05, 4.69) is 13.8 Å². The molecule has 0 saturated heterocycles. The van der Waals surface area contributed by atoms with Gasteiger partial charge in [0.15, 0.2) is 5.78 Å². The van der Waals surface area contributed by atoms with Crippen molar-refractivity contribution in [3.63, 3.8) is 0 Å². The lowest BCUT2D eigenvalue weighted by Gasteiger charge is -2.57. The van der Waals surface area contributed by atoms with Crippen LogP contribution in [0.1, 0.15) is 65.2 Å². The zero-order valence-electron chi connectivity index (χ0n) is 15.7. The fraction of sp³-hybridized carbons (Fsp3) is 0.810. The summed E-state index contributed by atoms with van der Waals surface area (Å²) in [5, 5.41) is 0. The first-order chi connectivity index (χ1) is 11.9. The minimum absolute atomic E-state index is 0.0106. The molecule has 1 unspecified atom stereocenters. The maximum Gasteiger partial charge on any atom is 0.508 e. The molecule has 25 heavy (non-hydrogen) atoms. The Balaban J connectivity index is 1.59. The number of carbonyl (C=O) groups excluding carboxylic acids is 2. The lowest BCUT2D eigenvalue weighted by Crippen LogP contribution is -2.51. The number of fused-ring (bicyclic) bond motifs is 5. The van der Waals surface area contributed by atoms with Gasteiger partial charge in [-0.25, -0.2) is 4.79 Å². The Hall–Kier alpha value is -1.32. The Morgan fingerprint density at radius 1 is 1.08 bits per heavy atom. The highest BCUT2D eigenvalue weighted by Gasteiger charge is 2.60. The number of ether oxygens (including phenoxy) is 2. The molecule has 0 heterocycles. The van der Waals surface area contributed by atoms with Gasteiger partial charge in [0.25, 0.3) is 0 Å². The van der Waals surface area contributed by atoms with E-state index in [-0.39, 0.29) is 16.9 Å². The van der Waals surface area contributed by atoms with E-state index in [0.29, 0.717) is 30.0 Å². The predicted molar refractivity (Wildman–Crippen MR) is 94.0 cm³/mol. The van der Waals surface area contributed by atoms with Crippen LogP contribution in [0.5, 0.6) is 0 Å². The summed E-state index contributed by atoms with van der Waals surface area (Å²) in [5.41, 5.74) is 1.70. The smallest absolute Gasteiger partial charge is 0.438 e. The molecule has 4 aliphatic carbocycles. The highest BCUT2D eigenvalue weighted by Crippen LogP contribution is 2.65. The van der Waals surface area contributed by atoms with Gasteiger partial charge in [-0.1, -0.05) is 19.4 Å². The number of rotatable bonds is 1. The number of hydrogen-bond acceptors (Lipinski definition) is 4. The first-order valence-electron chi connectivity index (χ1n) is 9.87. The Morgan fingerprint density at radius 2 is 1.88 bits per heavy atom. The van der Waals surface area contributed by atoms with Crippen molar-refractivity contribution in [2.75, 3.05) is 7.11 Å². The summed E-state index contributed by atoms with van der Waals surface area (Å²) in [6.07, 6.45) is 9.78. The molecule has 0 amide bonds. The zero-order chi connectivity index (χ0) is 17.8. The summed E-state index contributed by atoms with van der Waals surface area (Å²) in [5.74, 6) is 2.31. The van der Waals surface area contributed by atoms with Gasteiger partial charge < -0.3 is 9.47 Å². The van der Waals surface area contributed by atoms with Gasteiger partial charge in [0.1, 0.15) is 6.10 Å². The largest absolute Gasteiger partial charge is 0.508 e. The van der Waals surface area contributed by atoms with Gasteiger partial charge in [0, 0.05) is 11.8 Å². The lowest BCUT2D eigenvalue weighted by molar-refractivity contribution is -0.118. The van der Waals surface area contributed by atoms with Gasteiger partial charge in [-0.15, -0.1) is 0 Å².